The fourth-order valence-corrected chi connectivity index (χ4v) is 5.89. The van der Waals surface area contributed by atoms with E-state index in [1.165, 1.54) is 0 Å². The van der Waals surface area contributed by atoms with Crippen LogP contribution in [0.3, 0.4) is 0 Å². The molecule has 50 heavy (non-hydrogen) atoms. The van der Waals surface area contributed by atoms with Crippen LogP contribution < -0.4 is 14.8 Å². The molecule has 5 aromatic rings. The van der Waals surface area contributed by atoms with Crippen LogP contribution in [0.15, 0.2) is 125 Å². The number of hydrogen-bond donors (Lipinski definition) is 1. The molecule has 1 aliphatic carbocycles. The van der Waals surface area contributed by atoms with E-state index in [0.717, 1.165) is 39.0 Å². The van der Waals surface area contributed by atoms with Gasteiger partial charge in [-0.2, -0.15) is 0 Å². The molecular formula is C41H34N3O6+. The Morgan fingerprint density at radius 3 is 2.60 bits per heavy atom. The van der Waals surface area contributed by atoms with E-state index in [2.05, 4.69) is 17.3 Å². The lowest BCUT2D eigenvalue weighted by Crippen LogP contribution is -2.27. The van der Waals surface area contributed by atoms with Crippen molar-refractivity contribution in [3.63, 3.8) is 0 Å². The zero-order valence-corrected chi connectivity index (χ0v) is 27.2. The van der Waals surface area contributed by atoms with Crippen molar-refractivity contribution in [3.05, 3.63) is 143 Å². The minimum Gasteiger partial charge on any atom is -0.485 e. The fraction of sp³-hybridized carbons (Fsp3) is 0.171. The van der Waals surface area contributed by atoms with Crippen molar-refractivity contribution in [3.8, 4) is 23.8 Å². The van der Waals surface area contributed by atoms with Crippen LogP contribution in [0, 0.1) is 12.3 Å². The summed E-state index contributed by atoms with van der Waals surface area (Å²) < 4.78 is 25.4. The number of nitrogens with one attached hydrogen (secondary N) is 1. The number of carbonyl (C=O) groups is 2. The van der Waals surface area contributed by atoms with Gasteiger partial charge in [-0.05, 0) is 64.3 Å². The van der Waals surface area contributed by atoms with Crippen LogP contribution in [-0.2, 0) is 22.6 Å². The second-order valence-electron chi connectivity index (χ2n) is 11.8. The summed E-state index contributed by atoms with van der Waals surface area (Å²) in [5, 5.41) is 8.74. The van der Waals surface area contributed by atoms with Gasteiger partial charge in [-0.1, -0.05) is 59.2 Å². The van der Waals surface area contributed by atoms with Crippen LogP contribution in [-0.4, -0.2) is 42.8 Å². The fourth-order valence-electron chi connectivity index (χ4n) is 5.89. The first-order valence-corrected chi connectivity index (χ1v) is 16.3. The summed E-state index contributed by atoms with van der Waals surface area (Å²) in [6.07, 6.45) is 12.6. The Kier molecular flexibility index (Phi) is 9.63. The van der Waals surface area contributed by atoms with Gasteiger partial charge in [-0.25, -0.2) is 0 Å². The maximum Gasteiger partial charge on any atom is 0.251 e. The normalized spacial score (nSPS) is 14.9. The van der Waals surface area contributed by atoms with Gasteiger partial charge in [0.05, 0.1) is 12.9 Å². The highest BCUT2D eigenvalue weighted by atomic mass is 16.5. The molecule has 1 aromatic heterocycles. The Morgan fingerprint density at radius 1 is 0.980 bits per heavy atom. The molecule has 1 aliphatic heterocycles. The number of terminal acetylenes is 1. The second kappa shape index (κ2) is 14.9. The number of amides is 1. The minimum atomic E-state index is -0.252. The van der Waals surface area contributed by atoms with E-state index in [0.29, 0.717) is 49.0 Å². The lowest BCUT2D eigenvalue weighted by molar-refractivity contribution is -0.460. The lowest BCUT2D eigenvalue weighted by Gasteiger charge is -2.16. The number of allylic oxidation sites excluding steroid dienone is 1. The SMILES string of the molecule is C#CCOCCNC(=O)c1ccc(C2C=C(COc3ccc(COc4c5c(cc6ccoc46)C=CC(=O)C5)cc3)[N+](c3ccccc3)=N2)cc1. The summed E-state index contributed by atoms with van der Waals surface area (Å²) in [5.74, 6) is 3.56. The number of rotatable bonds is 13. The van der Waals surface area contributed by atoms with Gasteiger partial charge >= 0.3 is 0 Å². The van der Waals surface area contributed by atoms with Gasteiger partial charge in [0.2, 0.25) is 5.69 Å². The molecule has 7 rings (SSSR count). The van der Waals surface area contributed by atoms with Crippen molar-refractivity contribution in [2.75, 3.05) is 26.4 Å². The first kappa shape index (κ1) is 32.3. The van der Waals surface area contributed by atoms with Crippen molar-refractivity contribution in [1.82, 2.24) is 5.32 Å². The minimum absolute atomic E-state index is 0.0366. The van der Waals surface area contributed by atoms with Crippen LogP contribution in [0.25, 0.3) is 17.0 Å². The number of furan rings is 1. The zero-order chi connectivity index (χ0) is 34.3. The van der Waals surface area contributed by atoms with Gasteiger partial charge in [-0.3, -0.25) is 9.59 Å². The summed E-state index contributed by atoms with van der Waals surface area (Å²) in [6.45, 7) is 1.54. The van der Waals surface area contributed by atoms with Crippen molar-refractivity contribution in [2.24, 2.45) is 5.11 Å². The largest absolute Gasteiger partial charge is 0.485 e. The molecule has 1 amide bonds. The monoisotopic (exact) mass is 664 g/mol. The molecule has 9 nitrogen and oxygen atoms in total. The number of fused-ring (bicyclic) bond motifs is 2. The molecule has 0 saturated carbocycles. The molecule has 0 bridgehead atoms. The number of ether oxygens (including phenoxy) is 3. The highest BCUT2D eigenvalue weighted by Gasteiger charge is 2.31. The Hall–Kier alpha value is -6.24. The summed E-state index contributed by atoms with van der Waals surface area (Å²) in [6, 6.07) is 28.7. The number of para-hydroxylation sites is 1. The number of hydrogen-bond acceptors (Lipinski definition) is 7. The number of benzene rings is 4. The lowest BCUT2D eigenvalue weighted by atomic mass is 9.94. The molecule has 248 valence electrons. The third kappa shape index (κ3) is 7.26. The van der Waals surface area contributed by atoms with E-state index < -0.39 is 0 Å². The molecule has 2 aliphatic rings. The molecular weight excluding hydrogens is 630 g/mol. The maximum atomic E-state index is 12.5. The van der Waals surface area contributed by atoms with Gasteiger partial charge in [-0.15, -0.1) is 6.42 Å². The molecule has 0 fully saturated rings. The smallest absolute Gasteiger partial charge is 0.251 e. The van der Waals surface area contributed by atoms with Crippen LogP contribution in [0.4, 0.5) is 5.69 Å². The molecule has 1 unspecified atom stereocenters. The third-order valence-electron chi connectivity index (χ3n) is 8.42. The van der Waals surface area contributed by atoms with Crippen LogP contribution in [0.2, 0.25) is 0 Å². The Labute approximate surface area is 289 Å². The van der Waals surface area contributed by atoms with Crippen molar-refractivity contribution < 1.29 is 32.9 Å². The number of azo groups is 2. The topological polar surface area (TPSA) is 102 Å². The van der Waals surface area contributed by atoms with Gasteiger partial charge in [0.15, 0.2) is 29.8 Å². The van der Waals surface area contributed by atoms with E-state index in [1.807, 2.05) is 89.6 Å². The quantitative estimate of drug-likeness (QED) is 0.0803. The summed E-state index contributed by atoms with van der Waals surface area (Å²) in [5.41, 5.74) is 6.72. The molecule has 9 heteroatoms. The van der Waals surface area contributed by atoms with E-state index in [1.54, 1.807) is 24.5 Å². The third-order valence-corrected chi connectivity index (χ3v) is 8.42. The number of nitrogens with zero attached hydrogens (tertiary/aromatic N) is 2. The van der Waals surface area contributed by atoms with Crippen molar-refractivity contribution >= 4 is 34.4 Å². The number of ketones is 1. The highest BCUT2D eigenvalue weighted by Crippen LogP contribution is 2.37. The average molecular weight is 665 g/mol. The Bertz CT molecular complexity index is 2160. The van der Waals surface area contributed by atoms with Gasteiger partial charge < -0.3 is 23.9 Å². The molecule has 0 radical (unpaired) electrons. The average Bonchev–Trinajstić information content (AvgIpc) is 3.81. The standard InChI is InChI=1S/C41H33N3O6/c1-2-20-47-22-19-42-41(46)30-12-10-29(11-13-30)38-24-34(44(43-38)33-6-4-3-5-7-33)27-49-36-16-8-28(9-17-36)26-50-40-37-25-35(45)15-14-31(37)23-32-18-21-48-39(32)40/h1,3-18,21,23-24,38H,19-20,22,25-27H2/p+1. The predicted octanol–water partition coefficient (Wildman–Crippen LogP) is 7.34. The molecule has 0 spiro atoms. The summed E-state index contributed by atoms with van der Waals surface area (Å²) in [7, 11) is 0. The number of carbonyl (C=O) groups excluding carboxylic acids is 2. The Morgan fingerprint density at radius 2 is 1.80 bits per heavy atom. The predicted molar refractivity (Wildman–Crippen MR) is 188 cm³/mol. The van der Waals surface area contributed by atoms with Gasteiger partial charge in [0.1, 0.15) is 19.0 Å². The molecule has 4 aromatic carbocycles. The first-order valence-electron chi connectivity index (χ1n) is 16.3. The second-order valence-corrected chi connectivity index (χ2v) is 11.8. The van der Waals surface area contributed by atoms with Crippen LogP contribution >= 0.6 is 0 Å². The van der Waals surface area contributed by atoms with E-state index >= 15 is 0 Å². The molecule has 2 heterocycles. The van der Waals surface area contributed by atoms with Gasteiger partial charge in [0.25, 0.3) is 11.6 Å². The van der Waals surface area contributed by atoms with E-state index in [-0.39, 0.29) is 30.8 Å². The van der Waals surface area contributed by atoms with Crippen LogP contribution in [0.5, 0.6) is 11.5 Å². The Balaban J connectivity index is 1.01. The van der Waals surface area contributed by atoms with E-state index in [9.17, 15) is 9.59 Å². The van der Waals surface area contributed by atoms with E-state index in [4.69, 9.17) is 30.2 Å². The first-order chi connectivity index (χ1) is 24.6. The maximum absolute atomic E-state index is 12.5. The van der Waals surface area contributed by atoms with Crippen molar-refractivity contribution in [1.29, 1.82) is 0 Å². The molecule has 1 N–H and O–H groups in total. The highest BCUT2D eigenvalue weighted by molar-refractivity contribution is 6.01. The zero-order valence-electron chi connectivity index (χ0n) is 27.2. The van der Waals surface area contributed by atoms with Crippen LogP contribution in [0.1, 0.15) is 38.7 Å². The van der Waals surface area contributed by atoms with Gasteiger partial charge in [0, 0.05) is 47.7 Å². The molecule has 1 atom stereocenters. The molecule has 0 saturated heterocycles. The summed E-state index contributed by atoms with van der Waals surface area (Å²) >= 11 is 0. The van der Waals surface area contributed by atoms with Crippen molar-refractivity contribution in [2.45, 2.75) is 19.1 Å². The summed E-state index contributed by atoms with van der Waals surface area (Å²) in [4.78, 5) is 24.7.